The highest BCUT2D eigenvalue weighted by Gasteiger charge is 2.69. The van der Waals surface area contributed by atoms with E-state index in [1.54, 1.807) is 0 Å². The Bertz CT molecular complexity index is 828. The third-order valence-corrected chi connectivity index (χ3v) is 7.54. The van der Waals surface area contributed by atoms with Crippen LogP contribution < -0.4 is 0 Å². The van der Waals surface area contributed by atoms with Gasteiger partial charge in [-0.05, 0) is 17.7 Å². The fourth-order valence-corrected chi connectivity index (χ4v) is 5.45. The van der Waals surface area contributed by atoms with E-state index in [1.165, 1.54) is 18.2 Å². The van der Waals surface area contributed by atoms with Crippen molar-refractivity contribution in [2.45, 2.75) is 10.2 Å². The number of rotatable bonds is 5. The SMILES string of the molecule is C=CC1COC(/C=C/c2ccc(F)cc2)C1(S(=O)(=O)F)S(=O)(=O)F. The van der Waals surface area contributed by atoms with E-state index in [-0.39, 0.29) is 0 Å². The van der Waals surface area contributed by atoms with E-state index in [9.17, 15) is 29.0 Å². The van der Waals surface area contributed by atoms with E-state index >= 15 is 0 Å². The Hall–Kier alpha value is -1.65. The highest BCUT2D eigenvalue weighted by atomic mass is 32.3. The average Bonchev–Trinajstić information content (AvgIpc) is 2.85. The number of halogens is 3. The summed E-state index contributed by atoms with van der Waals surface area (Å²) in [5.74, 6) is -2.16. The zero-order valence-electron chi connectivity index (χ0n) is 12.1. The predicted molar refractivity (Wildman–Crippen MR) is 81.6 cm³/mol. The third kappa shape index (κ3) is 3.01. The van der Waals surface area contributed by atoms with E-state index in [2.05, 4.69) is 6.58 Å². The first-order chi connectivity index (χ1) is 11.0. The Kier molecular flexibility index (Phi) is 4.93. The Morgan fingerprint density at radius 1 is 1.12 bits per heavy atom. The van der Waals surface area contributed by atoms with Gasteiger partial charge < -0.3 is 4.74 Å². The average molecular weight is 382 g/mol. The second-order valence-electron chi connectivity index (χ2n) is 5.10. The molecule has 24 heavy (non-hydrogen) atoms. The summed E-state index contributed by atoms with van der Waals surface area (Å²) in [7, 11) is -11.8. The van der Waals surface area contributed by atoms with Gasteiger partial charge >= 0.3 is 20.4 Å². The van der Waals surface area contributed by atoms with Crippen LogP contribution >= 0.6 is 0 Å². The van der Waals surface area contributed by atoms with Crippen LogP contribution in [0.2, 0.25) is 0 Å². The number of ether oxygens (including phenoxy) is 1. The fraction of sp³-hybridized carbons (Fsp3) is 0.286. The van der Waals surface area contributed by atoms with Crippen molar-refractivity contribution in [1.82, 2.24) is 0 Å². The van der Waals surface area contributed by atoms with Gasteiger partial charge in [0.2, 0.25) is 0 Å². The van der Waals surface area contributed by atoms with Crippen LogP contribution in [0.5, 0.6) is 0 Å². The van der Waals surface area contributed by atoms with Gasteiger partial charge in [-0.15, -0.1) is 14.4 Å². The minimum absolute atomic E-state index is 0.350. The van der Waals surface area contributed by atoms with Gasteiger partial charge in [0.1, 0.15) is 11.9 Å². The van der Waals surface area contributed by atoms with Crippen LogP contribution in [-0.2, 0) is 25.2 Å². The second kappa shape index (κ2) is 6.34. The maximum absolute atomic E-state index is 13.9. The van der Waals surface area contributed by atoms with Gasteiger partial charge in [-0.3, -0.25) is 0 Å². The van der Waals surface area contributed by atoms with Gasteiger partial charge in [0.05, 0.1) is 6.61 Å². The number of hydrogen-bond acceptors (Lipinski definition) is 5. The van der Waals surface area contributed by atoms with Crippen LogP contribution in [0.1, 0.15) is 5.56 Å². The summed E-state index contributed by atoms with van der Waals surface area (Å²) in [6, 6.07) is 4.82. The van der Waals surface area contributed by atoms with E-state index < -0.39 is 49.0 Å². The molecule has 0 bridgehead atoms. The minimum atomic E-state index is -5.91. The van der Waals surface area contributed by atoms with Gasteiger partial charge in [0.15, 0.2) is 0 Å². The summed E-state index contributed by atoms with van der Waals surface area (Å²) in [5, 5.41) is 0. The Balaban J connectivity index is 2.55. The molecular weight excluding hydrogens is 369 g/mol. The molecule has 5 nitrogen and oxygen atoms in total. The molecule has 0 N–H and O–H groups in total. The Morgan fingerprint density at radius 3 is 2.12 bits per heavy atom. The molecule has 1 saturated heterocycles. The number of hydrogen-bond donors (Lipinski definition) is 0. The van der Waals surface area contributed by atoms with Gasteiger partial charge in [-0.25, -0.2) is 4.39 Å². The molecule has 1 aliphatic rings. The second-order valence-corrected chi connectivity index (χ2v) is 8.46. The van der Waals surface area contributed by atoms with Crippen LogP contribution in [0.3, 0.4) is 0 Å². The standard InChI is InChI=1S/C14H13F3O5S2/c1-2-11-9-22-13(8-5-10-3-6-12(15)7-4-10)14(11,23(16,18)19)24(17,20)21/h2-8,11,13H,1,9H2/b8-5+. The van der Waals surface area contributed by atoms with Crippen molar-refractivity contribution < 1.29 is 33.7 Å². The normalized spacial score (nSPS) is 24.3. The topological polar surface area (TPSA) is 77.5 Å². The Morgan fingerprint density at radius 2 is 1.67 bits per heavy atom. The van der Waals surface area contributed by atoms with Crippen molar-refractivity contribution in [2.75, 3.05) is 6.61 Å². The largest absolute Gasteiger partial charge is 0.370 e. The summed E-state index contributed by atoms with van der Waals surface area (Å²) in [5.41, 5.74) is 0.350. The zero-order chi connectivity index (χ0) is 18.2. The van der Waals surface area contributed by atoms with Gasteiger partial charge in [0.25, 0.3) is 4.08 Å². The van der Waals surface area contributed by atoms with Gasteiger partial charge in [-0.1, -0.05) is 30.4 Å². The molecule has 10 heteroatoms. The van der Waals surface area contributed by atoms with Crippen molar-refractivity contribution >= 4 is 26.5 Å². The summed E-state index contributed by atoms with van der Waals surface area (Å²) < 4.78 is 88.3. The van der Waals surface area contributed by atoms with E-state index in [0.29, 0.717) is 5.56 Å². The van der Waals surface area contributed by atoms with Crippen LogP contribution in [0.25, 0.3) is 6.08 Å². The van der Waals surface area contributed by atoms with Crippen LogP contribution in [0.4, 0.5) is 12.2 Å². The first-order valence-electron chi connectivity index (χ1n) is 6.60. The summed E-state index contributed by atoms with van der Waals surface area (Å²) >= 11 is 0. The lowest BCUT2D eigenvalue weighted by atomic mass is 10.0. The molecule has 2 atom stereocenters. The highest BCUT2D eigenvalue weighted by molar-refractivity contribution is 8.06. The fourth-order valence-electron chi connectivity index (χ4n) is 2.60. The molecule has 1 aromatic carbocycles. The molecule has 1 aromatic rings. The molecule has 2 unspecified atom stereocenters. The quantitative estimate of drug-likeness (QED) is 0.577. The molecule has 0 aliphatic carbocycles. The van der Waals surface area contributed by atoms with Crippen molar-refractivity contribution in [2.24, 2.45) is 5.92 Å². The van der Waals surface area contributed by atoms with E-state index in [4.69, 9.17) is 4.74 Å². The molecule has 1 aliphatic heterocycles. The van der Waals surface area contributed by atoms with Crippen molar-refractivity contribution in [3.05, 3.63) is 54.4 Å². The maximum atomic E-state index is 13.9. The first kappa shape index (κ1) is 18.7. The lowest BCUT2D eigenvalue weighted by molar-refractivity contribution is 0.139. The molecule has 0 radical (unpaired) electrons. The smallest absolute Gasteiger partial charge is 0.329 e. The molecule has 2 rings (SSSR count). The summed E-state index contributed by atoms with van der Waals surface area (Å²) in [6.07, 6.45) is 0.974. The van der Waals surface area contributed by atoms with Crippen LogP contribution in [0.15, 0.2) is 43.0 Å². The monoisotopic (exact) mass is 382 g/mol. The van der Waals surface area contributed by atoms with Gasteiger partial charge in [0, 0.05) is 5.92 Å². The third-order valence-electron chi connectivity index (χ3n) is 3.75. The highest BCUT2D eigenvalue weighted by Crippen LogP contribution is 2.46. The minimum Gasteiger partial charge on any atom is -0.370 e. The molecule has 1 fully saturated rings. The van der Waals surface area contributed by atoms with E-state index in [0.717, 1.165) is 24.3 Å². The Labute approximate surface area is 137 Å². The summed E-state index contributed by atoms with van der Waals surface area (Å²) in [6.45, 7) is 2.67. The first-order valence-corrected chi connectivity index (χ1v) is 9.37. The molecular formula is C14H13F3O5S2. The molecule has 132 valence electrons. The number of benzene rings is 1. The zero-order valence-corrected chi connectivity index (χ0v) is 13.7. The maximum Gasteiger partial charge on any atom is 0.329 e. The van der Waals surface area contributed by atoms with E-state index in [1.807, 2.05) is 0 Å². The van der Waals surface area contributed by atoms with Gasteiger partial charge in [-0.2, -0.15) is 16.8 Å². The molecule has 0 aromatic heterocycles. The lowest BCUT2D eigenvalue weighted by Gasteiger charge is -2.27. The van der Waals surface area contributed by atoms with Crippen LogP contribution in [-0.4, -0.2) is 33.6 Å². The lowest BCUT2D eigenvalue weighted by Crippen LogP contribution is -2.52. The van der Waals surface area contributed by atoms with Crippen LogP contribution in [0, 0.1) is 11.7 Å². The molecule has 0 saturated carbocycles. The summed E-state index contributed by atoms with van der Waals surface area (Å²) in [4.78, 5) is 0. The molecule has 1 heterocycles. The molecule has 0 amide bonds. The van der Waals surface area contributed by atoms with Crippen molar-refractivity contribution in [3.8, 4) is 0 Å². The molecule has 0 spiro atoms. The van der Waals surface area contributed by atoms with Crippen molar-refractivity contribution in [1.29, 1.82) is 0 Å². The van der Waals surface area contributed by atoms with Crippen molar-refractivity contribution in [3.63, 3.8) is 0 Å². The predicted octanol–water partition coefficient (Wildman–Crippen LogP) is 2.33.